The van der Waals surface area contributed by atoms with E-state index in [0.29, 0.717) is 23.6 Å². The Kier molecular flexibility index (Phi) is 6.00. The maximum atomic E-state index is 13.2. The summed E-state index contributed by atoms with van der Waals surface area (Å²) in [5.41, 5.74) is 8.04. The van der Waals surface area contributed by atoms with Gasteiger partial charge in [0.25, 0.3) is 0 Å². The highest BCUT2D eigenvalue weighted by molar-refractivity contribution is 5.91. The van der Waals surface area contributed by atoms with Crippen LogP contribution in [0.5, 0.6) is 0 Å². The molecule has 0 spiro atoms. The number of hydrogen-bond donors (Lipinski definition) is 4. The third kappa shape index (κ3) is 4.50. The predicted octanol–water partition coefficient (Wildman–Crippen LogP) is 2.27. The minimum absolute atomic E-state index is 0.0873. The summed E-state index contributed by atoms with van der Waals surface area (Å²) in [6.07, 6.45) is -0.878. The highest BCUT2D eigenvalue weighted by Crippen LogP contribution is 2.31. The number of carbonyl (C=O) groups is 2. The van der Waals surface area contributed by atoms with E-state index in [-0.39, 0.29) is 36.1 Å². The molecule has 0 saturated carbocycles. The molecule has 9 nitrogen and oxygen atoms in total. The molecule has 0 aliphatic carbocycles. The van der Waals surface area contributed by atoms with Crippen LogP contribution in [0.1, 0.15) is 28.7 Å². The minimum Gasteiger partial charge on any atom is -0.321 e. The molecule has 3 aromatic rings. The number of hydrogen-bond acceptors (Lipinski definition) is 6. The van der Waals surface area contributed by atoms with Crippen molar-refractivity contribution in [2.24, 2.45) is 5.92 Å². The third-order valence-corrected chi connectivity index (χ3v) is 6.57. The van der Waals surface area contributed by atoms with Crippen LogP contribution in [0.4, 0.5) is 15.9 Å². The summed E-state index contributed by atoms with van der Waals surface area (Å²) in [6, 6.07) is 13.6. The Morgan fingerprint density at radius 2 is 1.94 bits per heavy atom. The van der Waals surface area contributed by atoms with Gasteiger partial charge < -0.3 is 10.6 Å². The van der Waals surface area contributed by atoms with Crippen LogP contribution in [-0.2, 0) is 16.0 Å². The van der Waals surface area contributed by atoms with E-state index in [4.69, 9.17) is 0 Å². The van der Waals surface area contributed by atoms with Crippen molar-refractivity contribution >= 4 is 23.3 Å². The number of aromatic nitrogens is 2. The first-order valence-electron chi connectivity index (χ1n) is 11.6. The Balaban J connectivity index is 1.37. The van der Waals surface area contributed by atoms with Gasteiger partial charge in [-0.2, -0.15) is 5.10 Å². The number of hydrazine groups is 1. The van der Waals surface area contributed by atoms with E-state index in [1.807, 2.05) is 24.1 Å². The second-order valence-corrected chi connectivity index (χ2v) is 9.05. The summed E-state index contributed by atoms with van der Waals surface area (Å²) in [5.74, 6) is -0.556. The monoisotopic (exact) mass is 477 g/mol. The zero-order chi connectivity index (χ0) is 24.7. The SMILES string of the molecule is Cc1cc(NC(=O)Cc2ccc(F)cc2)n(C2NC(=O)C3CNN(c4cccc(C)c4C)C3N2)n1. The molecule has 2 aliphatic rings. The van der Waals surface area contributed by atoms with Crippen LogP contribution in [-0.4, -0.2) is 34.3 Å². The fraction of sp³-hybridized carbons (Fsp3) is 0.320. The number of anilines is 2. The van der Waals surface area contributed by atoms with Crippen LogP contribution in [0.25, 0.3) is 0 Å². The second-order valence-electron chi connectivity index (χ2n) is 9.05. The van der Waals surface area contributed by atoms with Crippen LogP contribution in [0.15, 0.2) is 48.5 Å². The van der Waals surface area contributed by atoms with Gasteiger partial charge in [0.05, 0.1) is 23.7 Å². The average molecular weight is 478 g/mol. The van der Waals surface area contributed by atoms with Gasteiger partial charge >= 0.3 is 0 Å². The highest BCUT2D eigenvalue weighted by Gasteiger charge is 2.45. The maximum Gasteiger partial charge on any atom is 0.230 e. The first-order valence-corrected chi connectivity index (χ1v) is 11.6. The first kappa shape index (κ1) is 23.0. The largest absolute Gasteiger partial charge is 0.321 e. The molecule has 3 unspecified atom stereocenters. The number of aryl methyl sites for hydroxylation is 2. The Bertz CT molecular complexity index is 1270. The summed E-state index contributed by atoms with van der Waals surface area (Å²) in [5, 5.41) is 15.9. The van der Waals surface area contributed by atoms with E-state index in [9.17, 15) is 14.0 Å². The van der Waals surface area contributed by atoms with Crippen LogP contribution >= 0.6 is 0 Å². The molecule has 2 aliphatic heterocycles. The van der Waals surface area contributed by atoms with Crippen molar-refractivity contribution in [3.8, 4) is 0 Å². The van der Waals surface area contributed by atoms with Gasteiger partial charge in [0, 0.05) is 12.6 Å². The van der Waals surface area contributed by atoms with Gasteiger partial charge in [0.1, 0.15) is 17.8 Å². The smallest absolute Gasteiger partial charge is 0.230 e. The first-order chi connectivity index (χ1) is 16.8. The van der Waals surface area contributed by atoms with Crippen molar-refractivity contribution in [1.29, 1.82) is 0 Å². The molecule has 4 N–H and O–H groups in total. The van der Waals surface area contributed by atoms with Crippen LogP contribution in [0.3, 0.4) is 0 Å². The van der Waals surface area contributed by atoms with Gasteiger partial charge in [-0.25, -0.2) is 14.5 Å². The number of fused-ring (bicyclic) bond motifs is 1. The molecule has 3 atom stereocenters. The van der Waals surface area contributed by atoms with Gasteiger partial charge in [0.15, 0.2) is 6.29 Å². The lowest BCUT2D eigenvalue weighted by Gasteiger charge is -2.38. The van der Waals surface area contributed by atoms with Gasteiger partial charge in [-0.05, 0) is 55.7 Å². The fourth-order valence-electron chi connectivity index (χ4n) is 4.60. The topological polar surface area (TPSA) is 103 Å². The van der Waals surface area contributed by atoms with Crippen LogP contribution in [0, 0.1) is 32.5 Å². The number of benzene rings is 2. The summed E-state index contributed by atoms with van der Waals surface area (Å²) in [4.78, 5) is 25.7. The standard InChI is InChI=1S/C25H28FN7O2/c1-14-5-4-6-20(16(14)3)32-23-19(13-27-32)24(35)30-25(29-23)33-21(11-15(2)31-33)28-22(34)12-17-7-9-18(26)10-8-17/h4-11,19,23,25,27,29H,12-13H2,1-3H3,(H,28,34)(H,30,35). The van der Waals surface area contributed by atoms with Crippen molar-refractivity contribution in [2.45, 2.75) is 39.6 Å². The van der Waals surface area contributed by atoms with E-state index in [2.05, 4.69) is 46.4 Å². The molecule has 2 amide bonds. The second kappa shape index (κ2) is 9.12. The van der Waals surface area contributed by atoms with E-state index >= 15 is 0 Å². The van der Waals surface area contributed by atoms with Crippen molar-refractivity contribution < 1.29 is 14.0 Å². The Morgan fingerprint density at radius 3 is 2.71 bits per heavy atom. The van der Waals surface area contributed by atoms with E-state index in [1.165, 1.54) is 17.7 Å². The number of carbonyl (C=O) groups excluding carboxylic acids is 2. The zero-order valence-corrected chi connectivity index (χ0v) is 19.8. The minimum atomic E-state index is -0.661. The quantitative estimate of drug-likeness (QED) is 0.450. The van der Waals surface area contributed by atoms with Crippen LogP contribution < -0.4 is 26.4 Å². The Morgan fingerprint density at radius 1 is 1.17 bits per heavy atom. The lowest BCUT2D eigenvalue weighted by atomic mass is 10.0. The fourth-order valence-corrected chi connectivity index (χ4v) is 4.60. The Labute approximate surface area is 202 Å². The van der Waals surface area contributed by atoms with E-state index in [1.54, 1.807) is 22.9 Å². The summed E-state index contributed by atoms with van der Waals surface area (Å²) < 4.78 is 14.7. The summed E-state index contributed by atoms with van der Waals surface area (Å²) in [7, 11) is 0. The lowest BCUT2D eigenvalue weighted by Crippen LogP contribution is -2.62. The van der Waals surface area contributed by atoms with Gasteiger partial charge in [0.2, 0.25) is 11.8 Å². The molecule has 10 heteroatoms. The van der Waals surface area contributed by atoms with Crippen molar-refractivity contribution in [2.75, 3.05) is 16.9 Å². The Hall–Kier alpha value is -3.76. The van der Waals surface area contributed by atoms with Gasteiger partial charge in [-0.1, -0.05) is 24.3 Å². The highest BCUT2D eigenvalue weighted by atomic mass is 19.1. The molecule has 0 radical (unpaired) electrons. The summed E-state index contributed by atoms with van der Waals surface area (Å²) in [6.45, 7) is 6.44. The molecule has 5 rings (SSSR count). The number of rotatable bonds is 5. The van der Waals surface area contributed by atoms with Crippen molar-refractivity contribution in [3.63, 3.8) is 0 Å². The molecule has 3 heterocycles. The van der Waals surface area contributed by atoms with Gasteiger partial charge in [-0.15, -0.1) is 0 Å². The van der Waals surface area contributed by atoms with E-state index in [0.717, 1.165) is 11.3 Å². The molecule has 2 saturated heterocycles. The predicted molar refractivity (Wildman–Crippen MR) is 130 cm³/mol. The third-order valence-electron chi connectivity index (χ3n) is 6.57. The van der Waals surface area contributed by atoms with Crippen molar-refractivity contribution in [1.82, 2.24) is 25.8 Å². The number of halogens is 1. The lowest BCUT2D eigenvalue weighted by molar-refractivity contribution is -0.129. The normalized spacial score (nSPS) is 21.5. The zero-order valence-electron chi connectivity index (χ0n) is 19.8. The van der Waals surface area contributed by atoms with Crippen molar-refractivity contribution in [3.05, 3.63) is 76.7 Å². The number of amides is 2. The molecule has 2 aromatic carbocycles. The van der Waals surface area contributed by atoms with Gasteiger partial charge in [-0.3, -0.25) is 19.9 Å². The molecule has 182 valence electrons. The number of nitrogens with zero attached hydrogens (tertiary/aromatic N) is 3. The maximum absolute atomic E-state index is 13.2. The number of nitrogens with one attached hydrogen (secondary N) is 4. The summed E-state index contributed by atoms with van der Waals surface area (Å²) >= 11 is 0. The molecule has 1 aromatic heterocycles. The average Bonchev–Trinajstić information content (AvgIpc) is 3.40. The molecular weight excluding hydrogens is 449 g/mol. The van der Waals surface area contributed by atoms with E-state index < -0.39 is 6.29 Å². The molecule has 0 bridgehead atoms. The molecule has 35 heavy (non-hydrogen) atoms. The molecular formula is C25H28FN7O2. The molecule has 2 fully saturated rings. The van der Waals surface area contributed by atoms with Crippen LogP contribution in [0.2, 0.25) is 0 Å².